The zero-order valence-corrected chi connectivity index (χ0v) is 13.0. The highest BCUT2D eigenvalue weighted by molar-refractivity contribution is 5.53. The van der Waals surface area contributed by atoms with Crippen molar-refractivity contribution in [1.29, 1.82) is 0 Å². The van der Waals surface area contributed by atoms with Crippen molar-refractivity contribution in [1.82, 2.24) is 29.3 Å². The molecule has 3 heterocycles. The number of aromatic nitrogens is 6. The molecule has 0 unspecified atom stereocenters. The number of nitrogens with one attached hydrogen (secondary N) is 1. The van der Waals surface area contributed by atoms with Crippen LogP contribution in [-0.2, 0) is 0 Å². The molecule has 0 atom stereocenters. The highest BCUT2D eigenvalue weighted by Crippen LogP contribution is 2.25. The maximum atomic E-state index is 4.64. The van der Waals surface area contributed by atoms with Crippen LogP contribution in [-0.4, -0.2) is 29.3 Å². The van der Waals surface area contributed by atoms with E-state index in [0.29, 0.717) is 6.04 Å². The summed E-state index contributed by atoms with van der Waals surface area (Å²) in [6.45, 7) is 10.4. The maximum Gasteiger partial charge on any atom is 0.180 e. The highest BCUT2D eigenvalue weighted by Gasteiger charge is 2.19. The molecule has 0 radical (unpaired) electrons. The van der Waals surface area contributed by atoms with Crippen LogP contribution in [0.5, 0.6) is 0 Å². The van der Waals surface area contributed by atoms with E-state index in [-0.39, 0.29) is 0 Å². The molecule has 0 amide bonds. The van der Waals surface area contributed by atoms with Crippen LogP contribution in [0.15, 0.2) is 18.6 Å². The van der Waals surface area contributed by atoms with Gasteiger partial charge < -0.3 is 4.98 Å². The Bertz CT molecular complexity index is 774. The Balaban J connectivity index is 2.17. The second-order valence-electron chi connectivity index (χ2n) is 5.59. The Morgan fingerprint density at radius 2 is 1.90 bits per heavy atom. The molecule has 3 rings (SSSR count). The molecule has 0 fully saturated rings. The van der Waals surface area contributed by atoms with Gasteiger partial charge in [-0.15, -0.1) is 0 Å². The minimum Gasteiger partial charge on any atom is -0.340 e. The molecule has 1 N–H and O–H groups in total. The van der Waals surface area contributed by atoms with Gasteiger partial charge in [-0.3, -0.25) is 9.25 Å². The quantitative estimate of drug-likeness (QED) is 0.804. The van der Waals surface area contributed by atoms with E-state index in [1.54, 1.807) is 6.20 Å². The van der Waals surface area contributed by atoms with Gasteiger partial charge in [-0.1, -0.05) is 0 Å². The Kier molecular flexibility index (Phi) is 3.16. The van der Waals surface area contributed by atoms with Crippen molar-refractivity contribution < 1.29 is 0 Å². The van der Waals surface area contributed by atoms with Crippen LogP contribution < -0.4 is 0 Å². The van der Waals surface area contributed by atoms with Crippen LogP contribution in [0.3, 0.4) is 0 Å². The van der Waals surface area contributed by atoms with Gasteiger partial charge in [0.2, 0.25) is 0 Å². The van der Waals surface area contributed by atoms with Crippen LogP contribution in [0, 0.1) is 20.8 Å². The van der Waals surface area contributed by atoms with Gasteiger partial charge in [0.15, 0.2) is 11.6 Å². The third kappa shape index (κ3) is 2.16. The summed E-state index contributed by atoms with van der Waals surface area (Å²) in [4.78, 5) is 12.1. The lowest BCUT2D eigenvalue weighted by atomic mass is 10.3. The third-order valence-electron chi connectivity index (χ3n) is 3.57. The van der Waals surface area contributed by atoms with Crippen molar-refractivity contribution in [3.8, 4) is 17.3 Å². The lowest BCUT2D eigenvalue weighted by Gasteiger charge is -2.10. The van der Waals surface area contributed by atoms with E-state index in [2.05, 4.69) is 45.4 Å². The normalized spacial score (nSPS) is 11.5. The number of nitrogens with zero attached hydrogens (tertiary/aromatic N) is 5. The molecular formula is C15H20N6. The Hall–Kier alpha value is -2.37. The molecule has 0 aromatic carbocycles. The molecule has 3 aromatic heterocycles. The maximum absolute atomic E-state index is 4.64. The first kappa shape index (κ1) is 13.6. The SMILES string of the molecule is Cc1cnc(-c2nccn2-c2c(C)nn(C(C)C)c2C)[nH]1. The second-order valence-corrected chi connectivity index (χ2v) is 5.59. The molecule has 6 nitrogen and oxygen atoms in total. The van der Waals surface area contributed by atoms with E-state index in [1.807, 2.05) is 30.9 Å². The molecule has 0 aliphatic rings. The van der Waals surface area contributed by atoms with Gasteiger partial charge in [-0.05, 0) is 34.6 Å². The molecule has 0 bridgehead atoms. The van der Waals surface area contributed by atoms with Gasteiger partial charge in [-0.2, -0.15) is 5.10 Å². The van der Waals surface area contributed by atoms with Crippen molar-refractivity contribution in [2.45, 2.75) is 40.7 Å². The summed E-state index contributed by atoms with van der Waals surface area (Å²) in [6, 6.07) is 0.329. The summed E-state index contributed by atoms with van der Waals surface area (Å²) in [6.07, 6.45) is 5.55. The Morgan fingerprint density at radius 1 is 1.14 bits per heavy atom. The monoisotopic (exact) mass is 284 g/mol. The third-order valence-corrected chi connectivity index (χ3v) is 3.57. The first-order valence-electron chi connectivity index (χ1n) is 7.10. The standard InChI is InChI=1S/C15H20N6/c1-9(2)21-12(5)13(11(4)19-21)20-7-6-16-15(20)14-17-8-10(3)18-14/h6-9H,1-5H3,(H,17,18). The molecule has 0 spiro atoms. The largest absolute Gasteiger partial charge is 0.340 e. The molecule has 0 saturated carbocycles. The van der Waals surface area contributed by atoms with Crippen LogP contribution >= 0.6 is 0 Å². The van der Waals surface area contributed by atoms with E-state index in [1.165, 1.54) is 0 Å². The van der Waals surface area contributed by atoms with Crippen LogP contribution in [0.1, 0.15) is 37.0 Å². The number of hydrogen-bond acceptors (Lipinski definition) is 3. The van der Waals surface area contributed by atoms with Crippen molar-refractivity contribution in [3.05, 3.63) is 35.7 Å². The molecule has 0 aliphatic heterocycles. The van der Waals surface area contributed by atoms with Crippen LogP contribution in [0.25, 0.3) is 17.3 Å². The number of H-pyrrole nitrogens is 1. The number of imidazole rings is 2. The van der Waals surface area contributed by atoms with Gasteiger partial charge in [0.05, 0.1) is 17.1 Å². The van der Waals surface area contributed by atoms with E-state index >= 15 is 0 Å². The summed E-state index contributed by atoms with van der Waals surface area (Å²) in [5.41, 5.74) is 4.21. The Morgan fingerprint density at radius 3 is 2.48 bits per heavy atom. The van der Waals surface area contributed by atoms with Crippen molar-refractivity contribution in [3.63, 3.8) is 0 Å². The molecular weight excluding hydrogens is 264 g/mol. The van der Waals surface area contributed by atoms with E-state index in [0.717, 1.165) is 34.4 Å². The number of aryl methyl sites for hydroxylation is 2. The number of aromatic amines is 1. The molecule has 21 heavy (non-hydrogen) atoms. The molecule has 110 valence electrons. The topological polar surface area (TPSA) is 64.3 Å². The summed E-state index contributed by atoms with van der Waals surface area (Å²) in [5.74, 6) is 1.58. The van der Waals surface area contributed by atoms with Gasteiger partial charge >= 0.3 is 0 Å². The second kappa shape index (κ2) is 4.87. The van der Waals surface area contributed by atoms with Crippen molar-refractivity contribution in [2.75, 3.05) is 0 Å². The predicted octanol–water partition coefficient (Wildman–Crippen LogP) is 2.97. The zero-order valence-electron chi connectivity index (χ0n) is 13.0. The lowest BCUT2D eigenvalue weighted by Crippen LogP contribution is -2.06. The van der Waals surface area contributed by atoms with E-state index < -0.39 is 0 Å². The zero-order chi connectivity index (χ0) is 15.1. The summed E-state index contributed by atoms with van der Waals surface area (Å²) >= 11 is 0. The molecule has 6 heteroatoms. The van der Waals surface area contributed by atoms with Crippen molar-refractivity contribution in [2.24, 2.45) is 0 Å². The fourth-order valence-electron chi connectivity index (χ4n) is 2.69. The summed E-state index contributed by atoms with van der Waals surface area (Å²) < 4.78 is 4.09. The smallest absolute Gasteiger partial charge is 0.180 e. The van der Waals surface area contributed by atoms with Gasteiger partial charge in [-0.25, -0.2) is 9.97 Å². The van der Waals surface area contributed by atoms with E-state index in [9.17, 15) is 0 Å². The molecule has 0 aliphatic carbocycles. The van der Waals surface area contributed by atoms with Crippen molar-refractivity contribution >= 4 is 0 Å². The first-order valence-corrected chi connectivity index (χ1v) is 7.10. The molecule has 0 saturated heterocycles. The van der Waals surface area contributed by atoms with Crippen LogP contribution in [0.4, 0.5) is 0 Å². The summed E-state index contributed by atoms with van der Waals surface area (Å²) in [7, 11) is 0. The predicted molar refractivity (Wildman–Crippen MR) is 81.5 cm³/mol. The Labute approximate surface area is 123 Å². The minimum absolute atomic E-state index is 0.329. The van der Waals surface area contributed by atoms with Gasteiger partial charge in [0.25, 0.3) is 0 Å². The fourth-order valence-corrected chi connectivity index (χ4v) is 2.69. The lowest BCUT2D eigenvalue weighted by molar-refractivity contribution is 0.516. The average molecular weight is 284 g/mol. The van der Waals surface area contributed by atoms with Gasteiger partial charge in [0.1, 0.15) is 0 Å². The first-order chi connectivity index (χ1) is 9.99. The number of hydrogen-bond donors (Lipinski definition) is 1. The molecule has 3 aromatic rings. The fraction of sp³-hybridized carbons (Fsp3) is 0.400. The van der Waals surface area contributed by atoms with E-state index in [4.69, 9.17) is 0 Å². The summed E-state index contributed by atoms with van der Waals surface area (Å²) in [5, 5.41) is 4.64. The van der Waals surface area contributed by atoms with Gasteiger partial charge in [0, 0.05) is 30.3 Å². The highest BCUT2D eigenvalue weighted by atomic mass is 15.3. The minimum atomic E-state index is 0.329. The van der Waals surface area contributed by atoms with Crippen LogP contribution in [0.2, 0.25) is 0 Å². The average Bonchev–Trinajstić information content (AvgIpc) is 3.09. The number of rotatable bonds is 3.